The molecular weight excluding hydrogens is 405 g/mol. The highest BCUT2D eigenvalue weighted by atomic mass is 19.4. The van der Waals surface area contributed by atoms with E-state index in [1.807, 2.05) is 0 Å². The first kappa shape index (κ1) is 25.5. The van der Waals surface area contributed by atoms with Crippen LogP contribution >= 0.6 is 0 Å². The number of aromatic nitrogens is 2. The summed E-state index contributed by atoms with van der Waals surface area (Å²) >= 11 is 0. The lowest BCUT2D eigenvalue weighted by atomic mass is 9.91. The van der Waals surface area contributed by atoms with Gasteiger partial charge in [0, 0.05) is 18.8 Å². The zero-order valence-corrected chi connectivity index (χ0v) is 17.6. The fourth-order valence-corrected chi connectivity index (χ4v) is 2.04. The highest BCUT2D eigenvalue weighted by Gasteiger charge is 2.45. The normalized spacial score (nSPS) is 12.3. The van der Waals surface area contributed by atoms with Crippen LogP contribution in [0.15, 0.2) is 6.08 Å². The average molecular weight is 432 g/mol. The fraction of sp³-hybridized carbons (Fsp3) is 0.579. The number of carbonyl (C=O) groups is 2. The molecule has 0 bridgehead atoms. The number of ether oxygens (including phenoxy) is 2. The van der Waals surface area contributed by atoms with Crippen molar-refractivity contribution in [1.82, 2.24) is 9.97 Å². The summed E-state index contributed by atoms with van der Waals surface area (Å²) < 4.78 is 49.5. The molecule has 8 nitrogen and oxygen atoms in total. The molecule has 30 heavy (non-hydrogen) atoms. The lowest BCUT2D eigenvalue weighted by Gasteiger charge is -2.24. The lowest BCUT2D eigenvalue weighted by molar-refractivity contribution is -0.193. The average Bonchev–Trinajstić information content (AvgIpc) is 2.63. The maximum atomic E-state index is 13.2. The molecule has 0 unspecified atom stereocenters. The van der Waals surface area contributed by atoms with Gasteiger partial charge in [-0.05, 0) is 34.6 Å². The quantitative estimate of drug-likeness (QED) is 0.588. The van der Waals surface area contributed by atoms with E-state index >= 15 is 0 Å². The number of allylic oxidation sites excluding steroid dienone is 1. The molecule has 0 fully saturated rings. The van der Waals surface area contributed by atoms with Crippen LogP contribution in [-0.2, 0) is 19.1 Å². The second kappa shape index (κ2) is 11.0. The van der Waals surface area contributed by atoms with E-state index in [9.17, 15) is 22.8 Å². The summed E-state index contributed by atoms with van der Waals surface area (Å²) in [6, 6.07) is 0. The maximum absolute atomic E-state index is 13.2. The van der Waals surface area contributed by atoms with Crippen LogP contribution in [0.25, 0.3) is 6.08 Å². The fourth-order valence-electron chi connectivity index (χ4n) is 2.04. The molecule has 0 spiro atoms. The van der Waals surface area contributed by atoms with E-state index in [1.165, 1.54) is 13.0 Å². The smallest absolute Gasteiger partial charge is 0.372 e. The highest BCUT2D eigenvalue weighted by Crippen LogP contribution is 2.39. The van der Waals surface area contributed by atoms with Crippen molar-refractivity contribution in [3.63, 3.8) is 0 Å². The molecule has 1 heterocycles. The van der Waals surface area contributed by atoms with E-state index in [4.69, 9.17) is 9.47 Å². The molecule has 168 valence electrons. The Balaban J connectivity index is 3.27. The van der Waals surface area contributed by atoms with Crippen molar-refractivity contribution in [3.05, 3.63) is 17.3 Å². The van der Waals surface area contributed by atoms with Gasteiger partial charge in [-0.15, -0.1) is 0 Å². The maximum Gasteiger partial charge on any atom is 0.397 e. The highest BCUT2D eigenvalue weighted by molar-refractivity contribution is 5.94. The van der Waals surface area contributed by atoms with Gasteiger partial charge in [0.25, 0.3) is 11.8 Å². The van der Waals surface area contributed by atoms with Gasteiger partial charge in [-0.25, -0.2) is 4.98 Å². The van der Waals surface area contributed by atoms with Crippen LogP contribution in [0.1, 0.15) is 39.0 Å². The number of carbonyl (C=O) groups excluding carboxylic acids is 2. The standard InChI is InChI=1S/C19H27F3N4O4/c1-6-29-10-14(27)24-16-13(8-9-18(4,5)19(20,21)22)12(3)23-17(26-16)25-15(28)11-30-7-2/h8-9H,6-7,10-11H2,1-5H3,(H2,23,24,25,26,27,28)/b9-8+. The number of anilines is 2. The number of amides is 2. The Bertz CT molecular complexity index is 780. The molecule has 1 rings (SSSR count). The zero-order chi connectivity index (χ0) is 22.9. The van der Waals surface area contributed by atoms with Gasteiger partial charge >= 0.3 is 6.18 Å². The van der Waals surface area contributed by atoms with Gasteiger partial charge < -0.3 is 14.8 Å². The Morgan fingerprint density at radius 3 is 2.03 bits per heavy atom. The molecule has 0 aliphatic carbocycles. The number of halogens is 3. The lowest BCUT2D eigenvalue weighted by Crippen LogP contribution is -2.29. The van der Waals surface area contributed by atoms with Gasteiger partial charge in [0.15, 0.2) is 0 Å². The van der Waals surface area contributed by atoms with Crippen molar-refractivity contribution >= 4 is 29.7 Å². The monoisotopic (exact) mass is 432 g/mol. The summed E-state index contributed by atoms with van der Waals surface area (Å²) in [5.74, 6) is -1.22. The Hall–Kier alpha value is -2.53. The molecule has 0 saturated carbocycles. The van der Waals surface area contributed by atoms with Crippen LogP contribution in [0.2, 0.25) is 0 Å². The SMILES string of the molecule is CCOCC(=O)Nc1nc(C)c(/C=C/C(C)(C)C(F)(F)F)c(NC(=O)COCC)n1. The van der Waals surface area contributed by atoms with Crippen molar-refractivity contribution in [2.45, 2.75) is 40.8 Å². The molecule has 0 aliphatic heterocycles. The summed E-state index contributed by atoms with van der Waals surface area (Å²) in [5, 5.41) is 4.91. The van der Waals surface area contributed by atoms with Crippen molar-refractivity contribution < 1.29 is 32.2 Å². The third-order valence-electron chi connectivity index (χ3n) is 3.92. The molecule has 0 atom stereocenters. The molecule has 0 aromatic carbocycles. The topological polar surface area (TPSA) is 102 Å². The number of hydrogen-bond acceptors (Lipinski definition) is 6. The van der Waals surface area contributed by atoms with E-state index in [2.05, 4.69) is 20.6 Å². The first-order chi connectivity index (χ1) is 13.9. The van der Waals surface area contributed by atoms with Gasteiger partial charge in [0.2, 0.25) is 5.95 Å². The third kappa shape index (κ3) is 7.71. The first-order valence-electron chi connectivity index (χ1n) is 9.31. The molecule has 0 aliphatic rings. The molecule has 2 amide bonds. The van der Waals surface area contributed by atoms with Gasteiger partial charge in [-0.2, -0.15) is 18.2 Å². The molecule has 1 aromatic rings. The van der Waals surface area contributed by atoms with Crippen LogP contribution in [0.5, 0.6) is 0 Å². The van der Waals surface area contributed by atoms with E-state index < -0.39 is 23.4 Å². The summed E-state index contributed by atoms with van der Waals surface area (Å²) in [6.45, 7) is 7.18. The van der Waals surface area contributed by atoms with Gasteiger partial charge in [0.05, 0.1) is 11.1 Å². The Labute approximate surface area is 173 Å². The molecule has 0 saturated heterocycles. The predicted octanol–water partition coefficient (Wildman–Crippen LogP) is 3.34. The Kier molecular flexibility index (Phi) is 9.37. The summed E-state index contributed by atoms with van der Waals surface area (Å²) in [4.78, 5) is 32.1. The minimum absolute atomic E-state index is 0.0480. The second-order valence-corrected chi connectivity index (χ2v) is 6.82. The van der Waals surface area contributed by atoms with E-state index in [0.29, 0.717) is 13.2 Å². The largest absolute Gasteiger partial charge is 0.397 e. The van der Waals surface area contributed by atoms with Gasteiger partial charge in [-0.3, -0.25) is 14.9 Å². The summed E-state index contributed by atoms with van der Waals surface area (Å²) in [6.07, 6.45) is -2.31. The van der Waals surface area contributed by atoms with Crippen LogP contribution in [0.3, 0.4) is 0 Å². The van der Waals surface area contributed by atoms with Gasteiger partial charge in [-0.1, -0.05) is 12.2 Å². The van der Waals surface area contributed by atoms with Crippen molar-refractivity contribution in [2.24, 2.45) is 5.41 Å². The molecular formula is C19H27F3N4O4. The molecule has 1 aromatic heterocycles. The number of nitrogens with one attached hydrogen (secondary N) is 2. The van der Waals surface area contributed by atoms with Crippen molar-refractivity contribution in [2.75, 3.05) is 37.1 Å². The number of hydrogen-bond donors (Lipinski definition) is 2. The number of alkyl halides is 3. The minimum Gasteiger partial charge on any atom is -0.372 e. The van der Waals surface area contributed by atoms with Crippen LogP contribution < -0.4 is 10.6 Å². The molecule has 11 heteroatoms. The van der Waals surface area contributed by atoms with Crippen LogP contribution in [-0.4, -0.2) is 54.4 Å². The summed E-state index contributed by atoms with van der Waals surface area (Å²) in [7, 11) is 0. The third-order valence-corrected chi connectivity index (χ3v) is 3.92. The minimum atomic E-state index is -4.47. The van der Waals surface area contributed by atoms with Gasteiger partial charge in [0.1, 0.15) is 19.0 Å². The van der Waals surface area contributed by atoms with E-state index in [1.54, 1.807) is 13.8 Å². The van der Waals surface area contributed by atoms with Crippen LogP contribution in [0, 0.1) is 12.3 Å². The predicted molar refractivity (Wildman–Crippen MR) is 106 cm³/mol. The molecule has 0 radical (unpaired) electrons. The zero-order valence-electron chi connectivity index (χ0n) is 17.6. The Morgan fingerprint density at radius 2 is 1.53 bits per heavy atom. The molecule has 2 N–H and O–H groups in total. The second-order valence-electron chi connectivity index (χ2n) is 6.82. The van der Waals surface area contributed by atoms with E-state index in [-0.39, 0.29) is 36.2 Å². The summed E-state index contributed by atoms with van der Waals surface area (Å²) in [5.41, 5.74) is -1.67. The number of nitrogens with zero attached hydrogens (tertiary/aromatic N) is 2. The van der Waals surface area contributed by atoms with Crippen molar-refractivity contribution in [3.8, 4) is 0 Å². The first-order valence-corrected chi connectivity index (χ1v) is 9.31. The van der Waals surface area contributed by atoms with Crippen molar-refractivity contribution in [1.29, 1.82) is 0 Å². The van der Waals surface area contributed by atoms with Crippen LogP contribution in [0.4, 0.5) is 24.9 Å². The number of aryl methyl sites for hydroxylation is 1. The van der Waals surface area contributed by atoms with E-state index in [0.717, 1.165) is 19.9 Å². The Morgan fingerprint density at radius 1 is 1.00 bits per heavy atom. The number of rotatable bonds is 10.